The van der Waals surface area contributed by atoms with Crippen LogP contribution in [-0.2, 0) is 14.8 Å². The Morgan fingerprint density at radius 2 is 2.05 bits per heavy atom. The minimum atomic E-state index is -4.41. The summed E-state index contributed by atoms with van der Waals surface area (Å²) >= 11 is 5.54. The van der Waals surface area contributed by atoms with Gasteiger partial charge in [0.15, 0.2) is 5.82 Å². The largest absolute Gasteiger partial charge is 0.363 e. The summed E-state index contributed by atoms with van der Waals surface area (Å²) in [7, 11) is -3.15. The van der Waals surface area contributed by atoms with Gasteiger partial charge in [-0.3, -0.25) is 0 Å². The summed E-state index contributed by atoms with van der Waals surface area (Å²) in [5, 5.41) is 6.69. The molecule has 10 heteroatoms. The lowest BCUT2D eigenvalue weighted by Crippen LogP contribution is -2.34. The average molecular weight is 350 g/mol. The lowest BCUT2D eigenvalue weighted by Gasteiger charge is -2.22. The normalized spacial score (nSPS) is 11.5. The van der Waals surface area contributed by atoms with Crippen molar-refractivity contribution in [1.82, 2.24) is 10.2 Å². The van der Waals surface area contributed by atoms with Crippen molar-refractivity contribution in [3.8, 4) is 0 Å². The molecule has 0 atom stereocenters. The molecule has 0 aliphatic rings. The Bertz CT molecular complexity index is 775. The van der Waals surface area contributed by atoms with Crippen molar-refractivity contribution >= 4 is 27.4 Å². The zero-order chi connectivity index (χ0) is 16.3. The molecule has 0 radical (unpaired) electrons. The van der Waals surface area contributed by atoms with Gasteiger partial charge in [0.2, 0.25) is 0 Å². The summed E-state index contributed by atoms with van der Waals surface area (Å²) in [5.74, 6) is -2.41. The standard InChI is InChI=1S/C12H10ClF2N3O3S/c1-21-7-18(12-3-2-4-16-17-12)22(19,20)11-5-8(13)9(14)6-10(11)15/h2-6H,7H2,1H3. The van der Waals surface area contributed by atoms with E-state index in [0.29, 0.717) is 16.4 Å². The van der Waals surface area contributed by atoms with Crippen molar-refractivity contribution < 1.29 is 21.9 Å². The molecule has 2 rings (SSSR count). The van der Waals surface area contributed by atoms with Crippen molar-refractivity contribution in [2.75, 3.05) is 18.1 Å². The van der Waals surface area contributed by atoms with E-state index in [0.717, 1.165) is 0 Å². The highest BCUT2D eigenvalue weighted by Crippen LogP contribution is 2.27. The average Bonchev–Trinajstić information content (AvgIpc) is 2.49. The first kappa shape index (κ1) is 16.5. The number of hydrogen-bond acceptors (Lipinski definition) is 5. The molecule has 0 saturated carbocycles. The first-order chi connectivity index (χ1) is 10.4. The number of ether oxygens (including phenoxy) is 1. The van der Waals surface area contributed by atoms with Gasteiger partial charge < -0.3 is 4.74 Å². The third-order valence-electron chi connectivity index (χ3n) is 2.60. The highest BCUT2D eigenvalue weighted by molar-refractivity contribution is 7.92. The molecule has 0 aliphatic heterocycles. The molecular formula is C12H10ClF2N3O3S. The molecule has 0 bridgehead atoms. The van der Waals surface area contributed by atoms with E-state index in [1.165, 1.54) is 25.4 Å². The SMILES string of the molecule is COCN(c1cccnn1)S(=O)(=O)c1cc(Cl)c(F)cc1F. The highest BCUT2D eigenvalue weighted by Gasteiger charge is 2.30. The van der Waals surface area contributed by atoms with Crippen LogP contribution in [0.15, 0.2) is 35.4 Å². The van der Waals surface area contributed by atoms with Gasteiger partial charge in [0.1, 0.15) is 23.3 Å². The first-order valence-electron chi connectivity index (χ1n) is 5.82. The van der Waals surface area contributed by atoms with Crippen molar-refractivity contribution in [2.24, 2.45) is 0 Å². The second-order valence-electron chi connectivity index (χ2n) is 4.05. The van der Waals surface area contributed by atoms with E-state index in [2.05, 4.69) is 10.2 Å². The number of benzene rings is 1. The maximum atomic E-state index is 13.9. The van der Waals surface area contributed by atoms with Crippen LogP contribution >= 0.6 is 11.6 Å². The number of anilines is 1. The number of halogens is 3. The highest BCUT2D eigenvalue weighted by atomic mass is 35.5. The number of rotatable bonds is 5. The molecule has 0 unspecified atom stereocenters. The molecule has 22 heavy (non-hydrogen) atoms. The zero-order valence-electron chi connectivity index (χ0n) is 11.2. The number of aromatic nitrogens is 2. The summed E-state index contributed by atoms with van der Waals surface area (Å²) < 4.78 is 57.7. The lowest BCUT2D eigenvalue weighted by molar-refractivity contribution is 0.209. The van der Waals surface area contributed by atoms with Crippen molar-refractivity contribution in [2.45, 2.75) is 4.90 Å². The molecule has 0 aliphatic carbocycles. The minimum absolute atomic E-state index is 0.0794. The van der Waals surface area contributed by atoms with Gasteiger partial charge in [-0.1, -0.05) is 11.6 Å². The molecule has 0 spiro atoms. The van der Waals surface area contributed by atoms with Crippen LogP contribution in [-0.4, -0.2) is 32.5 Å². The smallest absolute Gasteiger partial charge is 0.270 e. The van der Waals surface area contributed by atoms with E-state index in [1.807, 2.05) is 0 Å². The Hall–Kier alpha value is -1.84. The van der Waals surface area contributed by atoms with Gasteiger partial charge in [0.05, 0.1) is 5.02 Å². The summed E-state index contributed by atoms with van der Waals surface area (Å²) in [4.78, 5) is -0.790. The first-order valence-corrected chi connectivity index (χ1v) is 7.63. The Balaban J connectivity index is 2.58. The Morgan fingerprint density at radius 3 is 2.64 bits per heavy atom. The number of nitrogens with zero attached hydrogens (tertiary/aromatic N) is 3. The molecule has 2 aromatic rings. The molecule has 1 aromatic heterocycles. The molecule has 6 nitrogen and oxygen atoms in total. The van der Waals surface area contributed by atoms with E-state index >= 15 is 0 Å². The third kappa shape index (κ3) is 3.16. The monoisotopic (exact) mass is 349 g/mol. The van der Waals surface area contributed by atoms with Crippen LogP contribution in [0, 0.1) is 11.6 Å². The Labute approximate surface area is 130 Å². The van der Waals surface area contributed by atoms with Crippen LogP contribution in [0.4, 0.5) is 14.6 Å². The van der Waals surface area contributed by atoms with Gasteiger partial charge in [-0.25, -0.2) is 21.5 Å². The number of hydrogen-bond donors (Lipinski definition) is 0. The van der Waals surface area contributed by atoms with E-state index in [9.17, 15) is 17.2 Å². The fraction of sp³-hybridized carbons (Fsp3) is 0.167. The van der Waals surface area contributed by atoms with Crippen molar-refractivity contribution in [3.63, 3.8) is 0 Å². The number of methoxy groups -OCH3 is 1. The summed E-state index contributed by atoms with van der Waals surface area (Å²) in [6, 6.07) is 3.90. The van der Waals surface area contributed by atoms with Crippen LogP contribution < -0.4 is 4.31 Å². The van der Waals surface area contributed by atoms with E-state index in [-0.39, 0.29) is 5.82 Å². The van der Waals surface area contributed by atoms with Gasteiger partial charge in [-0.2, -0.15) is 5.10 Å². The van der Waals surface area contributed by atoms with E-state index in [4.69, 9.17) is 16.3 Å². The van der Waals surface area contributed by atoms with Crippen LogP contribution in [0.25, 0.3) is 0 Å². The second-order valence-corrected chi connectivity index (χ2v) is 6.29. The zero-order valence-corrected chi connectivity index (χ0v) is 12.8. The molecule has 1 aromatic carbocycles. The third-order valence-corrected chi connectivity index (χ3v) is 4.63. The molecule has 0 amide bonds. The topological polar surface area (TPSA) is 72.4 Å². The van der Waals surface area contributed by atoms with Crippen molar-refractivity contribution in [1.29, 1.82) is 0 Å². The molecule has 0 saturated heterocycles. The molecule has 0 N–H and O–H groups in total. The van der Waals surface area contributed by atoms with Gasteiger partial charge in [-0.15, -0.1) is 5.10 Å². The maximum Gasteiger partial charge on any atom is 0.270 e. The van der Waals surface area contributed by atoms with Gasteiger partial charge in [-0.05, 0) is 18.2 Å². The summed E-state index contributed by atoms with van der Waals surface area (Å²) in [6.45, 7) is -0.435. The quantitative estimate of drug-likeness (QED) is 0.611. The predicted molar refractivity (Wildman–Crippen MR) is 74.9 cm³/mol. The van der Waals surface area contributed by atoms with Crippen LogP contribution in [0.2, 0.25) is 5.02 Å². The summed E-state index contributed by atoms with van der Waals surface area (Å²) in [6.07, 6.45) is 1.34. The summed E-state index contributed by atoms with van der Waals surface area (Å²) in [5.41, 5.74) is 0. The Kier molecular flexibility index (Phi) is 4.89. The van der Waals surface area contributed by atoms with Crippen LogP contribution in [0.1, 0.15) is 0 Å². The van der Waals surface area contributed by atoms with Crippen LogP contribution in [0.5, 0.6) is 0 Å². The molecule has 1 heterocycles. The fourth-order valence-corrected chi connectivity index (χ4v) is 3.25. The van der Waals surface area contributed by atoms with Gasteiger partial charge >= 0.3 is 0 Å². The number of sulfonamides is 1. The van der Waals surface area contributed by atoms with Crippen LogP contribution in [0.3, 0.4) is 0 Å². The lowest BCUT2D eigenvalue weighted by atomic mass is 10.3. The Morgan fingerprint density at radius 1 is 1.32 bits per heavy atom. The maximum absolute atomic E-state index is 13.9. The van der Waals surface area contributed by atoms with Crippen molar-refractivity contribution in [3.05, 3.63) is 47.1 Å². The molecule has 118 valence electrons. The minimum Gasteiger partial charge on any atom is -0.363 e. The predicted octanol–water partition coefficient (Wildman–Crippen LogP) is 2.21. The molecule has 0 fully saturated rings. The van der Waals surface area contributed by atoms with E-state index in [1.54, 1.807) is 0 Å². The van der Waals surface area contributed by atoms with E-state index < -0.39 is 38.3 Å². The van der Waals surface area contributed by atoms with Gasteiger partial charge in [0, 0.05) is 19.4 Å². The fourth-order valence-electron chi connectivity index (χ4n) is 1.62. The molecular weight excluding hydrogens is 340 g/mol. The van der Waals surface area contributed by atoms with Gasteiger partial charge in [0.25, 0.3) is 10.0 Å². The second kappa shape index (κ2) is 6.51.